The van der Waals surface area contributed by atoms with Crippen LogP contribution in [0.5, 0.6) is 5.75 Å². The van der Waals surface area contributed by atoms with E-state index in [1.807, 2.05) is 45.0 Å². The van der Waals surface area contributed by atoms with Gasteiger partial charge < -0.3 is 18.8 Å². The van der Waals surface area contributed by atoms with E-state index in [2.05, 4.69) is 52.9 Å². The van der Waals surface area contributed by atoms with Crippen molar-refractivity contribution in [1.82, 2.24) is 4.90 Å². The highest BCUT2D eigenvalue weighted by molar-refractivity contribution is 6.74. The summed E-state index contributed by atoms with van der Waals surface area (Å²) in [4.78, 5) is 14.9. The summed E-state index contributed by atoms with van der Waals surface area (Å²) in [6.07, 6.45) is 5.65. The summed E-state index contributed by atoms with van der Waals surface area (Å²) in [5.41, 5.74) is 0.458. The lowest BCUT2D eigenvalue weighted by Gasteiger charge is -2.40. The predicted molar refractivity (Wildman–Crippen MR) is 136 cm³/mol. The maximum atomic E-state index is 13.1. The van der Waals surface area contributed by atoms with Crippen molar-refractivity contribution >= 4 is 14.4 Å². The highest BCUT2D eigenvalue weighted by atomic mass is 28.4. The molecule has 0 saturated heterocycles. The monoisotopic (exact) mass is 463 g/mol. The first-order valence-corrected chi connectivity index (χ1v) is 14.5. The molecule has 0 N–H and O–H groups in total. The molecule has 1 atom stereocenters. The zero-order chi connectivity index (χ0) is 24.6. The number of amides is 1. The van der Waals surface area contributed by atoms with Crippen molar-refractivity contribution in [3.8, 4) is 5.75 Å². The Morgan fingerprint density at radius 3 is 2.12 bits per heavy atom. The lowest BCUT2D eigenvalue weighted by molar-refractivity contribution is 0.0140. The third kappa shape index (κ3) is 9.78. The predicted octanol–water partition coefficient (Wildman–Crippen LogP) is 7.18. The maximum absolute atomic E-state index is 13.1. The van der Waals surface area contributed by atoms with Gasteiger partial charge in [0.05, 0.1) is 13.2 Å². The fourth-order valence-electron chi connectivity index (χ4n) is 2.90. The molecule has 0 aromatic heterocycles. The molecule has 1 amide bonds. The quantitative estimate of drug-likeness (QED) is 0.272. The molecule has 1 rings (SSSR count). The zero-order valence-corrected chi connectivity index (χ0v) is 23.0. The molecule has 182 valence electrons. The molecule has 0 fully saturated rings. The van der Waals surface area contributed by atoms with Crippen LogP contribution in [0.2, 0.25) is 18.1 Å². The van der Waals surface area contributed by atoms with Crippen LogP contribution < -0.4 is 4.74 Å². The van der Waals surface area contributed by atoms with Crippen molar-refractivity contribution in [2.75, 3.05) is 13.7 Å². The fourth-order valence-corrected chi connectivity index (χ4v) is 4.25. The summed E-state index contributed by atoms with van der Waals surface area (Å²) in [7, 11) is -0.363. The van der Waals surface area contributed by atoms with Gasteiger partial charge in [-0.25, -0.2) is 4.79 Å². The number of ether oxygens (including phenoxy) is 2. The molecule has 32 heavy (non-hydrogen) atoms. The number of carbonyl (C=O) groups is 1. The Morgan fingerprint density at radius 2 is 1.66 bits per heavy atom. The minimum Gasteiger partial charge on any atom is -0.497 e. The molecule has 6 heteroatoms. The van der Waals surface area contributed by atoms with Crippen molar-refractivity contribution in [2.45, 2.75) is 97.7 Å². The number of nitrogens with zero attached hydrogens (tertiary/aromatic N) is 1. The molecule has 1 aromatic carbocycles. The van der Waals surface area contributed by atoms with Crippen molar-refractivity contribution in [1.29, 1.82) is 0 Å². The van der Waals surface area contributed by atoms with Gasteiger partial charge in [-0.1, -0.05) is 52.0 Å². The number of rotatable bonds is 10. The first-order valence-electron chi connectivity index (χ1n) is 11.6. The van der Waals surface area contributed by atoms with E-state index in [9.17, 15) is 4.79 Å². The third-order valence-electron chi connectivity index (χ3n) is 5.68. The van der Waals surface area contributed by atoms with Crippen LogP contribution in [-0.2, 0) is 15.7 Å². The molecule has 0 spiro atoms. The Balaban J connectivity index is 3.17. The second-order valence-electron chi connectivity index (χ2n) is 10.8. The molecule has 5 nitrogen and oxygen atoms in total. The SMILES string of the molecule is CC/C=C/C[C@H](CN(Cc1ccc(OC)cc1)C(=O)OC(C)(C)C)O[Si](C)(C)C(C)(C)C. The number of allylic oxidation sites excluding steroid dienone is 1. The lowest BCUT2D eigenvalue weighted by Crippen LogP contribution is -2.48. The van der Waals surface area contributed by atoms with Gasteiger partial charge in [-0.3, -0.25) is 0 Å². The third-order valence-corrected chi connectivity index (χ3v) is 10.2. The molecule has 0 radical (unpaired) electrons. The molecular formula is C26H45NO4Si. The molecule has 0 heterocycles. The van der Waals surface area contributed by atoms with Crippen molar-refractivity contribution in [2.24, 2.45) is 0 Å². The standard InChI is InChI=1S/C26H45NO4Si/c1-11-12-13-14-23(31-32(9,10)26(5,6)7)20-27(24(28)30-25(2,3)4)19-21-15-17-22(29-8)18-16-21/h12-13,15-18,23H,11,14,19-20H2,1-10H3/b13-12+/t23-/m1/s1. The van der Waals surface area contributed by atoms with E-state index in [0.29, 0.717) is 13.1 Å². The summed E-state index contributed by atoms with van der Waals surface area (Å²) in [5.74, 6) is 0.793. The van der Waals surface area contributed by atoms with Crippen LogP contribution in [0.25, 0.3) is 0 Å². The van der Waals surface area contributed by atoms with Gasteiger partial charge in [0.2, 0.25) is 0 Å². The zero-order valence-electron chi connectivity index (χ0n) is 22.0. The van der Waals surface area contributed by atoms with E-state index < -0.39 is 13.9 Å². The average molecular weight is 464 g/mol. The minimum atomic E-state index is -2.01. The van der Waals surface area contributed by atoms with Crippen LogP contribution >= 0.6 is 0 Å². The van der Waals surface area contributed by atoms with Gasteiger partial charge in [-0.2, -0.15) is 0 Å². The molecule has 0 aliphatic heterocycles. The van der Waals surface area contributed by atoms with E-state index in [0.717, 1.165) is 24.2 Å². The Bertz CT molecular complexity index is 730. The number of carbonyl (C=O) groups excluding carboxylic acids is 1. The highest BCUT2D eigenvalue weighted by Gasteiger charge is 2.39. The smallest absolute Gasteiger partial charge is 0.410 e. The summed E-state index contributed by atoms with van der Waals surface area (Å²) in [6, 6.07) is 7.79. The molecule has 0 unspecified atom stereocenters. The lowest BCUT2D eigenvalue weighted by atomic mass is 10.1. The molecule has 0 saturated carbocycles. The first kappa shape index (κ1) is 28.2. The van der Waals surface area contributed by atoms with Crippen molar-refractivity contribution in [3.05, 3.63) is 42.0 Å². The van der Waals surface area contributed by atoms with Gasteiger partial charge in [0.25, 0.3) is 0 Å². The number of benzene rings is 1. The van der Waals surface area contributed by atoms with Gasteiger partial charge >= 0.3 is 6.09 Å². The van der Waals surface area contributed by atoms with Gasteiger partial charge in [0.15, 0.2) is 8.32 Å². The first-order chi connectivity index (χ1) is 14.7. The van der Waals surface area contributed by atoms with E-state index in [1.54, 1.807) is 12.0 Å². The van der Waals surface area contributed by atoms with Gasteiger partial charge in [0.1, 0.15) is 11.4 Å². The Kier molecular flexibility index (Phi) is 10.5. The molecule has 0 aliphatic rings. The van der Waals surface area contributed by atoms with Crippen LogP contribution in [0.4, 0.5) is 4.79 Å². The van der Waals surface area contributed by atoms with Crippen LogP contribution in [-0.4, -0.2) is 44.7 Å². The van der Waals surface area contributed by atoms with E-state index >= 15 is 0 Å². The Hall–Kier alpha value is -1.79. The Labute approximate surface area is 197 Å². The maximum Gasteiger partial charge on any atom is 0.410 e. The number of hydrogen-bond acceptors (Lipinski definition) is 4. The van der Waals surface area contributed by atoms with Crippen LogP contribution in [0.15, 0.2) is 36.4 Å². The van der Waals surface area contributed by atoms with E-state index in [1.165, 1.54) is 0 Å². The topological polar surface area (TPSA) is 48.0 Å². The van der Waals surface area contributed by atoms with Crippen molar-refractivity contribution in [3.63, 3.8) is 0 Å². The summed E-state index contributed by atoms with van der Waals surface area (Å²) in [5, 5.41) is 0.0897. The van der Waals surface area contributed by atoms with Crippen LogP contribution in [0, 0.1) is 0 Å². The second-order valence-corrected chi connectivity index (χ2v) is 15.6. The van der Waals surface area contributed by atoms with Crippen molar-refractivity contribution < 1.29 is 18.7 Å². The minimum absolute atomic E-state index is 0.0897. The summed E-state index contributed by atoms with van der Waals surface area (Å²) >= 11 is 0. The van der Waals surface area contributed by atoms with E-state index in [-0.39, 0.29) is 17.2 Å². The highest BCUT2D eigenvalue weighted by Crippen LogP contribution is 2.38. The molecule has 1 aromatic rings. The second kappa shape index (κ2) is 11.9. The normalized spacial score (nSPS) is 13.8. The van der Waals surface area contributed by atoms with Gasteiger partial charge in [-0.15, -0.1) is 0 Å². The molecule has 0 aliphatic carbocycles. The van der Waals surface area contributed by atoms with Gasteiger partial charge in [-0.05, 0) is 69.4 Å². The number of hydrogen-bond donors (Lipinski definition) is 0. The largest absolute Gasteiger partial charge is 0.497 e. The van der Waals surface area contributed by atoms with Crippen LogP contribution in [0.1, 0.15) is 66.9 Å². The summed E-state index contributed by atoms with van der Waals surface area (Å²) in [6.45, 7) is 19.9. The van der Waals surface area contributed by atoms with Gasteiger partial charge in [0, 0.05) is 13.1 Å². The molecular weight excluding hydrogens is 418 g/mol. The Morgan fingerprint density at radius 1 is 1.06 bits per heavy atom. The fraction of sp³-hybridized carbons (Fsp3) is 0.654. The van der Waals surface area contributed by atoms with E-state index in [4.69, 9.17) is 13.9 Å². The number of methoxy groups -OCH3 is 1. The summed E-state index contributed by atoms with van der Waals surface area (Å²) < 4.78 is 17.8. The average Bonchev–Trinajstić information content (AvgIpc) is 2.65. The molecule has 0 bridgehead atoms. The van der Waals surface area contributed by atoms with Crippen LogP contribution in [0.3, 0.4) is 0 Å².